The van der Waals surface area contributed by atoms with Gasteiger partial charge in [0.15, 0.2) is 5.11 Å². The van der Waals surface area contributed by atoms with Gasteiger partial charge in [0.25, 0.3) is 5.91 Å². The van der Waals surface area contributed by atoms with E-state index < -0.39 is 0 Å². The van der Waals surface area contributed by atoms with Crippen molar-refractivity contribution in [2.24, 2.45) is 7.05 Å². The van der Waals surface area contributed by atoms with Gasteiger partial charge in [0, 0.05) is 13.1 Å². The molecule has 0 aliphatic heterocycles. The van der Waals surface area contributed by atoms with Gasteiger partial charge in [-0.05, 0) is 32.0 Å². The van der Waals surface area contributed by atoms with Crippen LogP contribution < -0.4 is 16.2 Å². The van der Waals surface area contributed by atoms with E-state index in [9.17, 15) is 4.79 Å². The average Bonchev–Trinajstić information content (AvgIpc) is 3.05. The summed E-state index contributed by atoms with van der Waals surface area (Å²) < 4.78 is 1.44. The Kier molecular flexibility index (Phi) is 3.72. The van der Waals surface area contributed by atoms with Crippen LogP contribution in [0.4, 0.5) is 0 Å². The quantitative estimate of drug-likeness (QED) is 0.550. The van der Waals surface area contributed by atoms with E-state index in [1.807, 2.05) is 0 Å². The minimum Gasteiger partial charge on any atom is -0.359 e. The summed E-state index contributed by atoms with van der Waals surface area (Å²) in [4.78, 5) is 11.9. The van der Waals surface area contributed by atoms with Crippen molar-refractivity contribution >= 4 is 34.8 Å². The Labute approximate surface area is 115 Å². The highest BCUT2D eigenvalue weighted by atomic mass is 35.5. The molecule has 1 aromatic rings. The second-order valence-electron chi connectivity index (χ2n) is 4.20. The first-order valence-electron chi connectivity index (χ1n) is 5.55. The predicted octanol–water partition coefficient (Wildman–Crippen LogP) is 0.653. The zero-order chi connectivity index (χ0) is 13.3. The van der Waals surface area contributed by atoms with Crippen LogP contribution in [0.3, 0.4) is 0 Å². The lowest BCUT2D eigenvalue weighted by atomic mass is 10.3. The summed E-state index contributed by atoms with van der Waals surface area (Å²) in [6, 6.07) is 0.435. The molecule has 6 nitrogen and oxygen atoms in total. The van der Waals surface area contributed by atoms with Crippen molar-refractivity contribution in [3.8, 4) is 0 Å². The number of thiocarbonyl (C=S) groups is 1. The molecular weight excluding hydrogens is 274 g/mol. The van der Waals surface area contributed by atoms with Gasteiger partial charge in [-0.15, -0.1) is 0 Å². The molecule has 1 aromatic heterocycles. The molecule has 3 N–H and O–H groups in total. The Morgan fingerprint density at radius 1 is 1.50 bits per heavy atom. The van der Waals surface area contributed by atoms with Gasteiger partial charge in [-0.3, -0.25) is 20.3 Å². The smallest absolute Gasteiger partial charge is 0.289 e. The number of carbonyl (C=O) groups excluding carboxylic acids is 1. The first-order valence-corrected chi connectivity index (χ1v) is 6.33. The molecular formula is C10H14ClN5OS. The second-order valence-corrected chi connectivity index (χ2v) is 4.98. The van der Waals surface area contributed by atoms with E-state index in [1.54, 1.807) is 14.0 Å². The van der Waals surface area contributed by atoms with Gasteiger partial charge < -0.3 is 5.32 Å². The third kappa shape index (κ3) is 2.91. The maximum atomic E-state index is 11.9. The number of carbonyl (C=O) groups is 1. The number of hydrogen-bond acceptors (Lipinski definition) is 3. The summed E-state index contributed by atoms with van der Waals surface area (Å²) in [5, 5.41) is 7.86. The van der Waals surface area contributed by atoms with E-state index >= 15 is 0 Å². The van der Waals surface area contributed by atoms with Crippen molar-refractivity contribution in [3.05, 3.63) is 16.4 Å². The highest BCUT2D eigenvalue weighted by molar-refractivity contribution is 7.80. The van der Waals surface area contributed by atoms with Crippen LogP contribution in [0.2, 0.25) is 5.02 Å². The van der Waals surface area contributed by atoms with Crippen LogP contribution in [0.1, 0.15) is 29.0 Å². The van der Waals surface area contributed by atoms with Crippen LogP contribution in [0.15, 0.2) is 0 Å². The summed E-state index contributed by atoms with van der Waals surface area (Å²) in [6.07, 6.45) is 2.23. The third-order valence-corrected chi connectivity index (χ3v) is 3.24. The molecule has 0 unspecified atom stereocenters. The van der Waals surface area contributed by atoms with Gasteiger partial charge in [-0.2, -0.15) is 5.10 Å². The van der Waals surface area contributed by atoms with E-state index in [0.717, 1.165) is 12.8 Å². The molecule has 0 aromatic carbocycles. The lowest BCUT2D eigenvalue weighted by molar-refractivity contribution is 0.0934. The third-order valence-electron chi connectivity index (χ3n) is 2.57. The largest absolute Gasteiger partial charge is 0.359 e. The Morgan fingerprint density at radius 3 is 2.67 bits per heavy atom. The standard InChI is InChI=1S/C10H14ClN5OS/c1-5-7(11)8(16(2)15-5)9(17)13-14-10(18)12-6-3-4-6/h6H,3-4H2,1-2H3,(H,13,17)(H2,12,14,18). The molecule has 18 heavy (non-hydrogen) atoms. The van der Waals surface area contributed by atoms with Crippen molar-refractivity contribution in [1.29, 1.82) is 0 Å². The fraction of sp³-hybridized carbons (Fsp3) is 0.500. The van der Waals surface area contributed by atoms with Crippen molar-refractivity contribution in [3.63, 3.8) is 0 Å². The molecule has 1 amide bonds. The first-order chi connectivity index (χ1) is 8.49. The Hall–Kier alpha value is -1.34. The number of rotatable bonds is 2. The van der Waals surface area contributed by atoms with Gasteiger partial charge in [0.05, 0.1) is 10.7 Å². The maximum absolute atomic E-state index is 11.9. The van der Waals surface area contributed by atoms with E-state index in [4.69, 9.17) is 23.8 Å². The molecule has 8 heteroatoms. The van der Waals surface area contributed by atoms with E-state index in [-0.39, 0.29) is 5.91 Å². The Balaban J connectivity index is 1.92. The molecule has 1 saturated carbocycles. The molecule has 0 radical (unpaired) electrons. The zero-order valence-corrected chi connectivity index (χ0v) is 11.7. The van der Waals surface area contributed by atoms with Crippen molar-refractivity contribution < 1.29 is 4.79 Å². The molecule has 1 aliphatic carbocycles. The number of aromatic nitrogens is 2. The minimum atomic E-state index is -0.372. The number of nitrogens with zero attached hydrogens (tertiary/aromatic N) is 2. The molecule has 1 fully saturated rings. The Bertz CT molecular complexity index is 497. The average molecular weight is 288 g/mol. The number of nitrogens with one attached hydrogen (secondary N) is 3. The number of hydrogen-bond donors (Lipinski definition) is 3. The van der Waals surface area contributed by atoms with E-state index in [1.165, 1.54) is 4.68 Å². The van der Waals surface area contributed by atoms with Gasteiger partial charge >= 0.3 is 0 Å². The Morgan fingerprint density at radius 2 is 2.17 bits per heavy atom. The maximum Gasteiger partial charge on any atom is 0.289 e. The van der Waals surface area contributed by atoms with Crippen LogP contribution in [0.25, 0.3) is 0 Å². The zero-order valence-electron chi connectivity index (χ0n) is 10.1. The van der Waals surface area contributed by atoms with E-state index in [2.05, 4.69) is 21.3 Å². The highest BCUT2D eigenvalue weighted by Crippen LogP contribution is 2.19. The van der Waals surface area contributed by atoms with Crippen LogP contribution in [-0.4, -0.2) is 26.8 Å². The molecule has 0 saturated heterocycles. The van der Waals surface area contributed by atoms with Gasteiger partial charge in [-0.25, -0.2) is 0 Å². The molecule has 2 rings (SSSR count). The summed E-state index contributed by atoms with van der Waals surface area (Å²) in [5.41, 5.74) is 6.04. The summed E-state index contributed by atoms with van der Waals surface area (Å²) >= 11 is 11.0. The van der Waals surface area contributed by atoms with Crippen molar-refractivity contribution in [2.75, 3.05) is 0 Å². The lowest BCUT2D eigenvalue weighted by Gasteiger charge is -2.10. The molecule has 0 atom stereocenters. The predicted molar refractivity (Wildman–Crippen MR) is 72.3 cm³/mol. The van der Waals surface area contributed by atoms with Crippen LogP contribution in [-0.2, 0) is 7.05 Å². The SMILES string of the molecule is Cc1nn(C)c(C(=O)NNC(=S)NC2CC2)c1Cl. The molecule has 1 heterocycles. The van der Waals surface area contributed by atoms with Crippen LogP contribution in [0, 0.1) is 6.92 Å². The van der Waals surface area contributed by atoms with Gasteiger partial charge in [-0.1, -0.05) is 11.6 Å². The topological polar surface area (TPSA) is 71.0 Å². The van der Waals surface area contributed by atoms with Crippen LogP contribution in [0.5, 0.6) is 0 Å². The highest BCUT2D eigenvalue weighted by Gasteiger charge is 2.22. The summed E-state index contributed by atoms with van der Waals surface area (Å²) in [7, 11) is 1.66. The molecule has 98 valence electrons. The fourth-order valence-electron chi connectivity index (χ4n) is 1.50. The summed E-state index contributed by atoms with van der Waals surface area (Å²) in [5.74, 6) is -0.372. The van der Waals surface area contributed by atoms with Crippen molar-refractivity contribution in [2.45, 2.75) is 25.8 Å². The van der Waals surface area contributed by atoms with Crippen LogP contribution >= 0.6 is 23.8 Å². The minimum absolute atomic E-state index is 0.302. The summed E-state index contributed by atoms with van der Waals surface area (Å²) in [6.45, 7) is 1.74. The number of hydrazine groups is 1. The second kappa shape index (κ2) is 5.11. The molecule has 1 aliphatic rings. The number of halogens is 1. The lowest BCUT2D eigenvalue weighted by Crippen LogP contribution is -2.47. The number of aryl methyl sites for hydroxylation is 2. The number of amides is 1. The monoisotopic (exact) mass is 287 g/mol. The molecule has 0 spiro atoms. The van der Waals surface area contributed by atoms with E-state index in [0.29, 0.717) is 27.6 Å². The molecule has 0 bridgehead atoms. The van der Waals surface area contributed by atoms with Crippen molar-refractivity contribution in [1.82, 2.24) is 25.9 Å². The first kappa shape index (κ1) is 13.1. The van der Waals surface area contributed by atoms with Gasteiger partial charge in [0.2, 0.25) is 0 Å². The normalized spacial score (nSPS) is 14.2. The van der Waals surface area contributed by atoms with Gasteiger partial charge in [0.1, 0.15) is 5.69 Å². The fourth-order valence-corrected chi connectivity index (χ4v) is 1.96.